The molecule has 2 aromatic rings. The fourth-order valence-electron chi connectivity index (χ4n) is 3.29. The number of nitrogens with zero attached hydrogens (tertiary/aromatic N) is 3. The van der Waals surface area contributed by atoms with Gasteiger partial charge in [-0.1, -0.05) is 0 Å². The molecule has 1 aliphatic heterocycles. The largest absolute Gasteiger partial charge is 0.369 e. The lowest BCUT2D eigenvalue weighted by atomic mass is 10.2. The topological polar surface area (TPSA) is 87.2 Å². The molecule has 1 aromatic heterocycles. The molecule has 8 heteroatoms. The number of nitrogens with one attached hydrogen (secondary N) is 2. The second-order valence-electron chi connectivity index (χ2n) is 6.84. The van der Waals surface area contributed by atoms with Gasteiger partial charge >= 0.3 is 6.03 Å². The van der Waals surface area contributed by atoms with Crippen molar-refractivity contribution >= 4 is 28.7 Å². The number of halogens is 1. The van der Waals surface area contributed by atoms with Crippen LogP contribution in [0.25, 0.3) is 10.9 Å². The first kappa shape index (κ1) is 16.7. The molecule has 2 aliphatic rings. The van der Waals surface area contributed by atoms with E-state index in [0.29, 0.717) is 24.4 Å². The number of imide groups is 1. The van der Waals surface area contributed by atoms with E-state index >= 15 is 0 Å². The number of hydrogen-bond acceptors (Lipinski definition) is 5. The maximum absolute atomic E-state index is 13.3. The number of amides is 3. The Morgan fingerprint density at radius 2 is 2.04 bits per heavy atom. The maximum atomic E-state index is 13.3. The van der Waals surface area contributed by atoms with Crippen molar-refractivity contribution in [3.05, 3.63) is 30.3 Å². The van der Waals surface area contributed by atoms with Crippen LogP contribution in [0.4, 0.5) is 15.0 Å². The van der Waals surface area contributed by atoms with Crippen LogP contribution in [0, 0.1) is 5.82 Å². The molecular weight excluding hydrogens is 337 g/mol. The highest BCUT2D eigenvalue weighted by molar-refractivity contribution is 6.08. The number of urea groups is 1. The summed E-state index contributed by atoms with van der Waals surface area (Å²) in [6.45, 7) is 1.16. The Morgan fingerprint density at radius 1 is 1.19 bits per heavy atom. The van der Waals surface area contributed by atoms with Crippen LogP contribution in [-0.2, 0) is 4.79 Å². The smallest absolute Gasteiger partial charge is 0.325 e. The molecule has 1 saturated carbocycles. The molecule has 2 N–H and O–H groups in total. The van der Waals surface area contributed by atoms with Crippen LogP contribution in [0.1, 0.15) is 32.1 Å². The van der Waals surface area contributed by atoms with Crippen molar-refractivity contribution in [1.29, 1.82) is 0 Å². The molecule has 2 fully saturated rings. The Bertz CT molecular complexity index is 868. The van der Waals surface area contributed by atoms with E-state index in [1.54, 1.807) is 6.07 Å². The minimum Gasteiger partial charge on any atom is -0.369 e. The lowest BCUT2D eigenvalue weighted by Crippen LogP contribution is -2.33. The molecule has 0 atom stereocenters. The quantitative estimate of drug-likeness (QED) is 0.587. The van der Waals surface area contributed by atoms with Crippen molar-refractivity contribution in [2.24, 2.45) is 0 Å². The first-order valence-electron chi connectivity index (χ1n) is 8.87. The molecule has 0 bridgehead atoms. The summed E-state index contributed by atoms with van der Waals surface area (Å²) < 4.78 is 13.3. The maximum Gasteiger partial charge on any atom is 0.325 e. The Hall–Kier alpha value is -2.77. The van der Waals surface area contributed by atoms with Crippen molar-refractivity contribution in [3.63, 3.8) is 0 Å². The number of aromatic nitrogens is 2. The molecule has 136 valence electrons. The van der Waals surface area contributed by atoms with Gasteiger partial charge in [-0.25, -0.2) is 19.2 Å². The van der Waals surface area contributed by atoms with Crippen LogP contribution in [-0.4, -0.2) is 45.4 Å². The van der Waals surface area contributed by atoms with Gasteiger partial charge in [-0.05, 0) is 44.2 Å². The number of benzene rings is 1. The molecule has 3 amide bonds. The van der Waals surface area contributed by atoms with Gasteiger partial charge in [-0.15, -0.1) is 0 Å². The molecule has 4 rings (SSSR count). The van der Waals surface area contributed by atoms with Gasteiger partial charge in [0.2, 0.25) is 0 Å². The molecule has 0 radical (unpaired) electrons. The zero-order chi connectivity index (χ0) is 18.1. The summed E-state index contributed by atoms with van der Waals surface area (Å²) in [7, 11) is 0. The Labute approximate surface area is 150 Å². The van der Waals surface area contributed by atoms with E-state index in [9.17, 15) is 14.0 Å². The molecular formula is C18H20FN5O2. The number of rotatable bonds is 7. The summed E-state index contributed by atoms with van der Waals surface area (Å²) in [6, 6.07) is 4.18. The van der Waals surface area contributed by atoms with Crippen LogP contribution in [0.5, 0.6) is 0 Å². The average Bonchev–Trinajstić information content (AvgIpc) is 3.36. The minimum absolute atomic E-state index is 0.0692. The number of unbranched alkanes of at least 4 members (excludes halogenated alkanes) is 2. The molecule has 26 heavy (non-hydrogen) atoms. The summed E-state index contributed by atoms with van der Waals surface area (Å²) in [6.07, 6.45) is 5.46. The second kappa shape index (κ2) is 6.51. The average molecular weight is 357 g/mol. The number of anilines is 1. The number of fused-ring (bicyclic) bond motifs is 1. The van der Waals surface area contributed by atoms with Gasteiger partial charge in [-0.3, -0.25) is 9.69 Å². The zero-order valence-corrected chi connectivity index (χ0v) is 14.3. The highest BCUT2D eigenvalue weighted by atomic mass is 19.1. The predicted molar refractivity (Wildman–Crippen MR) is 94.0 cm³/mol. The third-order valence-corrected chi connectivity index (χ3v) is 4.95. The van der Waals surface area contributed by atoms with E-state index in [4.69, 9.17) is 0 Å². The Morgan fingerprint density at radius 3 is 2.81 bits per heavy atom. The fraction of sp³-hybridized carbons (Fsp3) is 0.444. The van der Waals surface area contributed by atoms with E-state index in [0.717, 1.165) is 37.5 Å². The molecule has 1 spiro atoms. The van der Waals surface area contributed by atoms with Crippen LogP contribution >= 0.6 is 0 Å². The molecule has 0 unspecified atom stereocenters. The van der Waals surface area contributed by atoms with Crippen LogP contribution in [0.3, 0.4) is 0 Å². The summed E-state index contributed by atoms with van der Waals surface area (Å²) in [5, 5.41) is 6.81. The van der Waals surface area contributed by atoms with Gasteiger partial charge in [0.05, 0.1) is 5.52 Å². The first-order chi connectivity index (χ1) is 12.6. The molecule has 1 aromatic carbocycles. The van der Waals surface area contributed by atoms with Crippen molar-refractivity contribution in [2.75, 3.05) is 18.4 Å². The highest BCUT2D eigenvalue weighted by Crippen LogP contribution is 2.40. The Kier molecular flexibility index (Phi) is 4.18. The van der Waals surface area contributed by atoms with Gasteiger partial charge in [0.15, 0.2) is 0 Å². The molecule has 7 nitrogen and oxygen atoms in total. The summed E-state index contributed by atoms with van der Waals surface area (Å²) in [5.41, 5.74) is 0.00156. The summed E-state index contributed by atoms with van der Waals surface area (Å²) in [4.78, 5) is 33.6. The van der Waals surface area contributed by atoms with E-state index in [-0.39, 0.29) is 17.8 Å². The van der Waals surface area contributed by atoms with Crippen LogP contribution in [0.15, 0.2) is 24.5 Å². The van der Waals surface area contributed by atoms with Gasteiger partial charge in [0.25, 0.3) is 5.91 Å². The third kappa shape index (κ3) is 3.07. The van der Waals surface area contributed by atoms with Crippen molar-refractivity contribution in [3.8, 4) is 0 Å². The van der Waals surface area contributed by atoms with Crippen molar-refractivity contribution < 1.29 is 14.0 Å². The molecule has 1 saturated heterocycles. The van der Waals surface area contributed by atoms with Gasteiger partial charge < -0.3 is 10.6 Å². The monoisotopic (exact) mass is 357 g/mol. The van der Waals surface area contributed by atoms with E-state index < -0.39 is 5.54 Å². The van der Waals surface area contributed by atoms with Crippen LogP contribution < -0.4 is 10.6 Å². The number of carbonyl (C=O) groups is 2. The normalized spacial score (nSPS) is 17.8. The lowest BCUT2D eigenvalue weighted by Gasteiger charge is -2.13. The van der Waals surface area contributed by atoms with E-state index in [1.807, 2.05) is 0 Å². The minimum atomic E-state index is -0.563. The van der Waals surface area contributed by atoms with Gasteiger partial charge in [-0.2, -0.15) is 0 Å². The third-order valence-electron chi connectivity index (χ3n) is 4.95. The summed E-state index contributed by atoms with van der Waals surface area (Å²) >= 11 is 0. The fourth-order valence-corrected chi connectivity index (χ4v) is 3.29. The van der Waals surface area contributed by atoms with E-state index in [2.05, 4.69) is 20.6 Å². The Balaban J connectivity index is 1.23. The number of carbonyl (C=O) groups excluding carboxylic acids is 2. The van der Waals surface area contributed by atoms with E-state index in [1.165, 1.54) is 23.4 Å². The standard InChI is InChI=1S/C18H20FN5O2/c19-12-4-5-13-14(10-12)21-11-22-15(13)20-8-2-1-3-9-24-16(25)18(6-7-18)23-17(24)26/h4-5,10-11H,1-3,6-9H2,(H,23,26)(H,20,21,22). The van der Waals surface area contributed by atoms with Crippen LogP contribution in [0.2, 0.25) is 0 Å². The number of hydrogen-bond donors (Lipinski definition) is 2. The molecule has 1 aliphatic carbocycles. The zero-order valence-electron chi connectivity index (χ0n) is 14.3. The summed E-state index contributed by atoms with van der Waals surface area (Å²) in [5.74, 6) is 0.288. The van der Waals surface area contributed by atoms with Crippen molar-refractivity contribution in [1.82, 2.24) is 20.2 Å². The highest BCUT2D eigenvalue weighted by Gasteiger charge is 2.59. The lowest BCUT2D eigenvalue weighted by molar-refractivity contribution is -0.128. The second-order valence-corrected chi connectivity index (χ2v) is 6.84. The van der Waals surface area contributed by atoms with Crippen molar-refractivity contribution in [2.45, 2.75) is 37.6 Å². The van der Waals surface area contributed by atoms with Gasteiger partial charge in [0.1, 0.15) is 23.5 Å². The SMILES string of the molecule is O=C1NC2(CC2)C(=O)N1CCCCCNc1ncnc2cc(F)ccc12. The van der Waals surface area contributed by atoms with Gasteiger partial charge in [0, 0.05) is 24.5 Å². The molecule has 2 heterocycles. The first-order valence-corrected chi connectivity index (χ1v) is 8.87. The predicted octanol–water partition coefficient (Wildman–Crippen LogP) is 2.44.